The monoisotopic (exact) mass is 314 g/mol. The number of fused-ring (bicyclic) bond motifs is 1. The number of hydrogen-bond acceptors (Lipinski definition) is 3. The van der Waals surface area contributed by atoms with Crippen LogP contribution >= 0.6 is 11.3 Å². The number of ether oxygens (including phenoxy) is 1. The zero-order chi connectivity index (χ0) is 15.5. The SMILES string of the molecule is COc1ccc2[nH]c(-c3cc(C)cs3)c(CCCCN)c2c1. The molecule has 4 heteroatoms. The molecule has 22 heavy (non-hydrogen) atoms. The van der Waals surface area contributed by atoms with E-state index >= 15 is 0 Å². The Morgan fingerprint density at radius 3 is 2.77 bits per heavy atom. The van der Waals surface area contributed by atoms with Crippen LogP contribution in [0.2, 0.25) is 0 Å². The van der Waals surface area contributed by atoms with Crippen LogP contribution in [0, 0.1) is 6.92 Å². The van der Waals surface area contributed by atoms with Crippen molar-refractivity contribution in [2.24, 2.45) is 5.73 Å². The van der Waals surface area contributed by atoms with Crippen molar-refractivity contribution in [3.05, 3.63) is 40.8 Å². The minimum atomic E-state index is 0.749. The Morgan fingerprint density at radius 2 is 2.09 bits per heavy atom. The first-order chi connectivity index (χ1) is 10.7. The van der Waals surface area contributed by atoms with Crippen LogP contribution in [0.1, 0.15) is 24.0 Å². The number of hydrogen-bond donors (Lipinski definition) is 2. The lowest BCUT2D eigenvalue weighted by molar-refractivity contribution is 0.415. The van der Waals surface area contributed by atoms with Crippen LogP contribution in [0.15, 0.2) is 29.6 Å². The topological polar surface area (TPSA) is 51.0 Å². The molecule has 3 aromatic rings. The van der Waals surface area contributed by atoms with E-state index < -0.39 is 0 Å². The van der Waals surface area contributed by atoms with Crippen molar-refractivity contribution in [1.29, 1.82) is 0 Å². The molecular weight excluding hydrogens is 292 g/mol. The van der Waals surface area contributed by atoms with Crippen molar-refractivity contribution in [2.45, 2.75) is 26.2 Å². The lowest BCUT2D eigenvalue weighted by Crippen LogP contribution is -1.99. The second-order valence-corrected chi connectivity index (χ2v) is 6.54. The maximum Gasteiger partial charge on any atom is 0.119 e. The second-order valence-electron chi connectivity index (χ2n) is 5.62. The fourth-order valence-corrected chi connectivity index (χ4v) is 3.76. The molecule has 0 amide bonds. The summed E-state index contributed by atoms with van der Waals surface area (Å²) in [4.78, 5) is 4.90. The highest BCUT2D eigenvalue weighted by atomic mass is 32.1. The number of nitrogens with one attached hydrogen (secondary N) is 1. The van der Waals surface area contributed by atoms with Crippen LogP contribution in [0.4, 0.5) is 0 Å². The van der Waals surface area contributed by atoms with Crippen LogP contribution < -0.4 is 10.5 Å². The Kier molecular flexibility index (Phi) is 4.50. The molecule has 3 nitrogen and oxygen atoms in total. The lowest BCUT2D eigenvalue weighted by atomic mass is 10.0. The van der Waals surface area contributed by atoms with Gasteiger partial charge in [0.1, 0.15) is 5.75 Å². The van der Waals surface area contributed by atoms with E-state index in [1.54, 1.807) is 18.4 Å². The van der Waals surface area contributed by atoms with E-state index in [0.717, 1.165) is 31.6 Å². The summed E-state index contributed by atoms with van der Waals surface area (Å²) in [5, 5.41) is 3.46. The third-order valence-corrected chi connectivity index (χ3v) is 5.04. The summed E-state index contributed by atoms with van der Waals surface area (Å²) in [5.41, 5.74) is 10.8. The van der Waals surface area contributed by atoms with E-state index in [2.05, 4.69) is 35.5 Å². The maximum atomic E-state index is 5.65. The molecule has 2 aromatic heterocycles. The normalized spacial score (nSPS) is 11.2. The van der Waals surface area contributed by atoms with Gasteiger partial charge in [-0.25, -0.2) is 0 Å². The Morgan fingerprint density at radius 1 is 1.23 bits per heavy atom. The third-order valence-electron chi connectivity index (χ3n) is 3.97. The molecule has 0 saturated heterocycles. The van der Waals surface area contributed by atoms with Crippen molar-refractivity contribution in [2.75, 3.05) is 13.7 Å². The first-order valence-corrected chi connectivity index (χ1v) is 8.55. The summed E-state index contributed by atoms with van der Waals surface area (Å²) in [6.07, 6.45) is 3.20. The molecule has 0 aliphatic heterocycles. The van der Waals surface area contributed by atoms with E-state index in [-0.39, 0.29) is 0 Å². The number of aryl methyl sites for hydroxylation is 2. The molecule has 0 atom stereocenters. The molecule has 0 fully saturated rings. The van der Waals surface area contributed by atoms with Crippen LogP contribution in [0.25, 0.3) is 21.5 Å². The lowest BCUT2D eigenvalue weighted by Gasteiger charge is -2.04. The standard InChI is InChI=1S/C18H22N2OS/c1-12-9-17(22-11-12)18-14(5-3-4-8-19)15-10-13(21-2)6-7-16(15)20-18/h6-7,9-11,20H,3-5,8,19H2,1-2H3. The summed E-state index contributed by atoms with van der Waals surface area (Å²) < 4.78 is 5.39. The Hall–Kier alpha value is -1.78. The van der Waals surface area contributed by atoms with Crippen LogP contribution in [0.3, 0.4) is 0 Å². The predicted molar refractivity (Wildman–Crippen MR) is 94.9 cm³/mol. The van der Waals surface area contributed by atoms with E-state index in [1.807, 2.05) is 6.07 Å². The quantitative estimate of drug-likeness (QED) is 0.658. The van der Waals surface area contributed by atoms with Gasteiger partial charge < -0.3 is 15.5 Å². The molecule has 0 aliphatic carbocycles. The fraction of sp³-hybridized carbons (Fsp3) is 0.333. The van der Waals surface area contributed by atoms with Crippen LogP contribution in [-0.2, 0) is 6.42 Å². The zero-order valence-electron chi connectivity index (χ0n) is 13.1. The molecule has 0 unspecified atom stereocenters. The zero-order valence-corrected chi connectivity index (χ0v) is 13.9. The van der Waals surface area contributed by atoms with Crippen molar-refractivity contribution >= 4 is 22.2 Å². The molecular formula is C18H22N2OS. The third kappa shape index (κ3) is 2.89. The van der Waals surface area contributed by atoms with Crippen molar-refractivity contribution in [1.82, 2.24) is 4.98 Å². The number of unbranched alkanes of at least 4 members (excludes halogenated alkanes) is 1. The van der Waals surface area contributed by atoms with E-state index in [1.165, 1.54) is 32.6 Å². The van der Waals surface area contributed by atoms with Crippen LogP contribution in [-0.4, -0.2) is 18.6 Å². The molecule has 2 heterocycles. The summed E-state index contributed by atoms with van der Waals surface area (Å²) in [6, 6.07) is 8.49. The molecule has 3 rings (SSSR count). The first kappa shape index (κ1) is 15.1. The van der Waals surface area contributed by atoms with E-state index in [9.17, 15) is 0 Å². The number of thiophene rings is 1. The highest BCUT2D eigenvalue weighted by Gasteiger charge is 2.15. The molecule has 0 bridgehead atoms. The summed E-state index contributed by atoms with van der Waals surface area (Å²) in [5.74, 6) is 0.903. The fourth-order valence-electron chi connectivity index (χ4n) is 2.83. The van der Waals surface area contributed by atoms with E-state index in [4.69, 9.17) is 10.5 Å². The molecule has 0 aliphatic rings. The van der Waals surface area contributed by atoms with Gasteiger partial charge in [-0.3, -0.25) is 0 Å². The van der Waals surface area contributed by atoms with Crippen LogP contribution in [0.5, 0.6) is 5.75 Å². The average molecular weight is 314 g/mol. The summed E-state index contributed by atoms with van der Waals surface area (Å²) >= 11 is 1.79. The van der Waals surface area contributed by atoms with Crippen molar-refractivity contribution in [3.63, 3.8) is 0 Å². The molecule has 0 spiro atoms. The van der Waals surface area contributed by atoms with Gasteiger partial charge in [0.05, 0.1) is 17.7 Å². The molecule has 0 radical (unpaired) electrons. The van der Waals surface area contributed by atoms with Gasteiger partial charge in [-0.1, -0.05) is 0 Å². The largest absolute Gasteiger partial charge is 0.497 e. The number of methoxy groups -OCH3 is 1. The Balaban J connectivity index is 2.10. The number of H-pyrrole nitrogens is 1. The summed E-state index contributed by atoms with van der Waals surface area (Å²) in [7, 11) is 1.71. The van der Waals surface area contributed by atoms with Gasteiger partial charge in [-0.2, -0.15) is 0 Å². The van der Waals surface area contributed by atoms with Crippen molar-refractivity contribution in [3.8, 4) is 16.3 Å². The van der Waals surface area contributed by atoms with Gasteiger partial charge in [0.15, 0.2) is 0 Å². The number of aromatic amines is 1. The molecule has 116 valence electrons. The smallest absolute Gasteiger partial charge is 0.119 e. The minimum Gasteiger partial charge on any atom is -0.497 e. The number of rotatable bonds is 6. The molecule has 3 N–H and O–H groups in total. The number of nitrogens with two attached hydrogens (primary N) is 1. The van der Waals surface area contributed by atoms with Crippen molar-refractivity contribution < 1.29 is 4.74 Å². The highest BCUT2D eigenvalue weighted by molar-refractivity contribution is 7.13. The Labute approximate surface area is 135 Å². The summed E-state index contributed by atoms with van der Waals surface area (Å²) in [6.45, 7) is 2.89. The maximum absolute atomic E-state index is 5.65. The van der Waals surface area contributed by atoms with Gasteiger partial charge in [-0.15, -0.1) is 11.3 Å². The second kappa shape index (κ2) is 6.55. The predicted octanol–water partition coefficient (Wildman–Crippen LogP) is 4.49. The number of benzene rings is 1. The molecule has 0 saturated carbocycles. The van der Waals surface area contributed by atoms with Gasteiger partial charge >= 0.3 is 0 Å². The highest BCUT2D eigenvalue weighted by Crippen LogP contribution is 2.36. The minimum absolute atomic E-state index is 0.749. The van der Waals surface area contributed by atoms with Gasteiger partial charge in [-0.05, 0) is 73.5 Å². The molecule has 1 aromatic carbocycles. The first-order valence-electron chi connectivity index (χ1n) is 7.67. The van der Waals surface area contributed by atoms with Gasteiger partial charge in [0.2, 0.25) is 0 Å². The van der Waals surface area contributed by atoms with E-state index in [0.29, 0.717) is 0 Å². The van der Waals surface area contributed by atoms with Gasteiger partial charge in [0.25, 0.3) is 0 Å². The number of aromatic nitrogens is 1. The average Bonchev–Trinajstić information content (AvgIpc) is 3.11. The Bertz CT molecular complexity index is 773. The van der Waals surface area contributed by atoms with Gasteiger partial charge in [0, 0.05) is 10.9 Å².